The van der Waals surface area contributed by atoms with Crippen molar-refractivity contribution in [1.82, 2.24) is 4.57 Å². The van der Waals surface area contributed by atoms with Crippen LogP contribution >= 0.6 is 11.3 Å². The number of ether oxygens (including phenoxy) is 5. The van der Waals surface area contributed by atoms with Crippen LogP contribution in [-0.4, -0.2) is 49.5 Å². The van der Waals surface area contributed by atoms with Gasteiger partial charge in [-0.25, -0.2) is 14.6 Å². The number of fused-ring (bicyclic) bond motifs is 1. The predicted octanol–water partition coefficient (Wildman–Crippen LogP) is 3.54. The third kappa shape index (κ3) is 6.57. The number of hydrogen-bond donors (Lipinski definition) is 0. The van der Waals surface area contributed by atoms with Crippen molar-refractivity contribution < 1.29 is 33.3 Å². The average molecular weight is 595 g/mol. The maximum Gasteiger partial charge on any atom is 0.343 e. The van der Waals surface area contributed by atoms with E-state index in [1.807, 2.05) is 45.0 Å². The lowest BCUT2D eigenvalue weighted by atomic mass is 9.95. The van der Waals surface area contributed by atoms with Gasteiger partial charge in [0.15, 0.2) is 22.9 Å². The second-order valence-electron chi connectivity index (χ2n) is 9.51. The Morgan fingerprint density at radius 3 is 2.50 bits per heavy atom. The first-order valence-corrected chi connectivity index (χ1v) is 14.4. The zero-order chi connectivity index (χ0) is 30.4. The van der Waals surface area contributed by atoms with E-state index in [9.17, 15) is 14.4 Å². The molecular weight excluding hydrogens is 560 g/mol. The van der Waals surface area contributed by atoms with Gasteiger partial charge in [-0.15, -0.1) is 0 Å². The normalized spacial score (nSPS) is 14.7. The molecule has 3 aromatic rings. The number of allylic oxidation sites excluding steroid dienone is 1. The van der Waals surface area contributed by atoms with Crippen molar-refractivity contribution in [2.45, 2.75) is 46.8 Å². The van der Waals surface area contributed by atoms with Gasteiger partial charge in [-0.1, -0.05) is 35.6 Å². The van der Waals surface area contributed by atoms with Gasteiger partial charge in [-0.2, -0.15) is 0 Å². The molecule has 0 bridgehead atoms. The molecule has 11 heteroatoms. The standard InChI is InChI=1S/C31H34N2O8S/c1-7-38-24-15-21(13-14-23(24)40-17-26(34)37-6)28-27(30(36)39-8-2)19(5)32-31-33(28)29(35)25(42-31)16-20-11-9-10-12-22(20)41-18(3)4/h9-16,18,28H,7-8,17H2,1-6H3/b25-16+/t28-/m0/s1. The molecule has 0 aliphatic carbocycles. The van der Waals surface area contributed by atoms with Gasteiger partial charge in [0.05, 0.1) is 48.3 Å². The predicted molar refractivity (Wildman–Crippen MR) is 158 cm³/mol. The third-order valence-corrected chi connectivity index (χ3v) is 7.22. The molecule has 0 N–H and O–H groups in total. The summed E-state index contributed by atoms with van der Waals surface area (Å²) in [6, 6.07) is 11.7. The summed E-state index contributed by atoms with van der Waals surface area (Å²) >= 11 is 1.22. The SMILES string of the molecule is CCOC(=O)C1=C(C)N=c2s/c(=C/c3ccccc3OC(C)C)c(=O)n2[C@H]1c1ccc(OCC(=O)OC)c(OCC)c1. The molecule has 1 aliphatic rings. The first-order chi connectivity index (χ1) is 20.2. The highest BCUT2D eigenvalue weighted by molar-refractivity contribution is 7.07. The summed E-state index contributed by atoms with van der Waals surface area (Å²) in [5.74, 6) is 0.203. The maximum absolute atomic E-state index is 14.0. The van der Waals surface area contributed by atoms with Gasteiger partial charge >= 0.3 is 11.9 Å². The number of benzene rings is 2. The van der Waals surface area contributed by atoms with Crippen molar-refractivity contribution in [3.8, 4) is 17.2 Å². The van der Waals surface area contributed by atoms with Crippen LogP contribution in [0.4, 0.5) is 0 Å². The van der Waals surface area contributed by atoms with E-state index in [0.717, 1.165) is 5.56 Å². The fourth-order valence-corrected chi connectivity index (χ4v) is 5.52. The summed E-state index contributed by atoms with van der Waals surface area (Å²) in [7, 11) is 1.27. The summed E-state index contributed by atoms with van der Waals surface area (Å²) in [5, 5.41) is 0. The van der Waals surface area contributed by atoms with E-state index in [-0.39, 0.29) is 30.5 Å². The number of thiazole rings is 1. The number of carbonyl (C=O) groups is 2. The second-order valence-corrected chi connectivity index (χ2v) is 10.5. The Morgan fingerprint density at radius 1 is 1.05 bits per heavy atom. The van der Waals surface area contributed by atoms with E-state index < -0.39 is 18.0 Å². The second kappa shape index (κ2) is 13.5. The Bertz CT molecular complexity index is 1690. The Balaban J connectivity index is 1.90. The van der Waals surface area contributed by atoms with Gasteiger partial charge in [0.2, 0.25) is 0 Å². The molecule has 42 heavy (non-hydrogen) atoms. The molecule has 1 atom stereocenters. The van der Waals surface area contributed by atoms with Crippen LogP contribution in [0.3, 0.4) is 0 Å². The first kappa shape index (κ1) is 30.6. The van der Waals surface area contributed by atoms with E-state index in [0.29, 0.717) is 44.4 Å². The molecule has 1 aliphatic heterocycles. The Labute approximate surface area is 247 Å². The maximum atomic E-state index is 14.0. The molecule has 0 fully saturated rings. The molecule has 2 aromatic carbocycles. The minimum atomic E-state index is -0.849. The van der Waals surface area contributed by atoms with Crippen LogP contribution in [0.25, 0.3) is 6.08 Å². The molecule has 0 spiro atoms. The van der Waals surface area contributed by atoms with Crippen molar-refractivity contribution in [3.05, 3.63) is 84.5 Å². The van der Waals surface area contributed by atoms with Crippen molar-refractivity contribution in [2.75, 3.05) is 26.9 Å². The first-order valence-electron chi connectivity index (χ1n) is 13.6. The lowest BCUT2D eigenvalue weighted by molar-refractivity contribution is -0.143. The van der Waals surface area contributed by atoms with Gasteiger partial charge < -0.3 is 23.7 Å². The quantitative estimate of drug-likeness (QED) is 0.310. The molecule has 0 unspecified atom stereocenters. The number of rotatable bonds is 11. The summed E-state index contributed by atoms with van der Waals surface area (Å²) in [6.45, 7) is 9.30. The summed E-state index contributed by atoms with van der Waals surface area (Å²) < 4.78 is 29.4. The van der Waals surface area contributed by atoms with E-state index in [1.54, 1.807) is 38.1 Å². The van der Waals surface area contributed by atoms with Gasteiger partial charge in [0.1, 0.15) is 5.75 Å². The number of esters is 2. The van der Waals surface area contributed by atoms with Crippen molar-refractivity contribution >= 4 is 29.4 Å². The van der Waals surface area contributed by atoms with E-state index in [1.165, 1.54) is 23.0 Å². The smallest absolute Gasteiger partial charge is 0.343 e. The highest BCUT2D eigenvalue weighted by Crippen LogP contribution is 2.36. The third-order valence-electron chi connectivity index (χ3n) is 6.24. The van der Waals surface area contributed by atoms with Crippen LogP contribution in [0.2, 0.25) is 0 Å². The van der Waals surface area contributed by atoms with Crippen LogP contribution in [0.15, 0.2) is 63.5 Å². The zero-order valence-corrected chi connectivity index (χ0v) is 25.3. The molecule has 2 heterocycles. The fourth-order valence-electron chi connectivity index (χ4n) is 4.49. The van der Waals surface area contributed by atoms with E-state index >= 15 is 0 Å². The molecular formula is C31H34N2O8S. The number of hydrogen-bond acceptors (Lipinski definition) is 10. The number of methoxy groups -OCH3 is 1. The average Bonchev–Trinajstić information content (AvgIpc) is 3.26. The number of nitrogens with zero attached hydrogens (tertiary/aromatic N) is 2. The lowest BCUT2D eigenvalue weighted by Crippen LogP contribution is -2.40. The molecule has 10 nitrogen and oxygen atoms in total. The largest absolute Gasteiger partial charge is 0.490 e. The lowest BCUT2D eigenvalue weighted by Gasteiger charge is -2.25. The van der Waals surface area contributed by atoms with Crippen LogP contribution < -0.4 is 29.1 Å². The van der Waals surface area contributed by atoms with Crippen LogP contribution in [0.5, 0.6) is 17.2 Å². The van der Waals surface area contributed by atoms with Crippen LogP contribution in [-0.2, 0) is 19.1 Å². The Morgan fingerprint density at radius 2 is 1.81 bits per heavy atom. The number of aromatic nitrogens is 1. The highest BCUT2D eigenvalue weighted by atomic mass is 32.1. The Hall–Kier alpha value is -4.38. The van der Waals surface area contributed by atoms with Crippen LogP contribution in [0.1, 0.15) is 51.8 Å². The molecule has 0 saturated carbocycles. The number of carbonyl (C=O) groups excluding carboxylic acids is 2. The summed E-state index contributed by atoms with van der Waals surface area (Å²) in [4.78, 5) is 44.0. The van der Waals surface area contributed by atoms with Gasteiger partial charge in [-0.05, 0) is 64.5 Å². The van der Waals surface area contributed by atoms with Crippen LogP contribution in [0, 0.1) is 0 Å². The molecule has 0 saturated heterocycles. The molecule has 222 valence electrons. The van der Waals surface area contributed by atoms with Crippen molar-refractivity contribution in [2.24, 2.45) is 4.99 Å². The minimum Gasteiger partial charge on any atom is -0.490 e. The molecule has 1 aromatic heterocycles. The topological polar surface area (TPSA) is 115 Å². The minimum absolute atomic E-state index is 0.0466. The van der Waals surface area contributed by atoms with Crippen molar-refractivity contribution in [1.29, 1.82) is 0 Å². The molecule has 0 radical (unpaired) electrons. The fraction of sp³-hybridized carbons (Fsp3) is 0.355. The van der Waals surface area contributed by atoms with Gasteiger partial charge in [0, 0.05) is 5.56 Å². The van der Waals surface area contributed by atoms with E-state index in [4.69, 9.17) is 18.9 Å². The summed E-state index contributed by atoms with van der Waals surface area (Å²) in [6.07, 6.45) is 1.73. The Kier molecular flexibility index (Phi) is 9.84. The summed E-state index contributed by atoms with van der Waals surface area (Å²) in [5.41, 5.74) is 1.70. The zero-order valence-electron chi connectivity index (χ0n) is 24.5. The van der Waals surface area contributed by atoms with Crippen molar-refractivity contribution in [3.63, 3.8) is 0 Å². The van der Waals surface area contributed by atoms with Gasteiger partial charge in [0.25, 0.3) is 5.56 Å². The van der Waals surface area contributed by atoms with E-state index in [2.05, 4.69) is 9.73 Å². The number of para-hydroxylation sites is 1. The molecule has 4 rings (SSSR count). The molecule has 0 amide bonds. The monoisotopic (exact) mass is 594 g/mol. The van der Waals surface area contributed by atoms with Gasteiger partial charge in [-0.3, -0.25) is 9.36 Å². The highest BCUT2D eigenvalue weighted by Gasteiger charge is 2.34.